The summed E-state index contributed by atoms with van der Waals surface area (Å²) in [4.78, 5) is 58.6. The molecule has 8 heteroatoms. The molecule has 0 aromatic heterocycles. The Bertz CT molecular complexity index is 1870. The van der Waals surface area contributed by atoms with E-state index in [2.05, 4.69) is 13.2 Å². The van der Waals surface area contributed by atoms with Crippen molar-refractivity contribution in [2.75, 3.05) is 9.80 Å². The fourth-order valence-electron chi connectivity index (χ4n) is 8.20. The average molecular weight is 639 g/mol. The molecule has 0 atom stereocenters. The van der Waals surface area contributed by atoms with Gasteiger partial charge in [-0.05, 0) is 85.0 Å². The number of hydrogen-bond donors (Lipinski definition) is 0. The molecule has 4 amide bonds. The van der Waals surface area contributed by atoms with E-state index in [-0.39, 0.29) is 22.3 Å². The predicted molar refractivity (Wildman–Crippen MR) is 183 cm³/mol. The monoisotopic (exact) mass is 638 g/mol. The first-order valence-corrected chi connectivity index (χ1v) is 16.6. The van der Waals surface area contributed by atoms with Gasteiger partial charge in [0.2, 0.25) is 0 Å². The summed E-state index contributed by atoms with van der Waals surface area (Å²) in [5.74, 6) is -0.314. The number of rotatable bonds is 8. The highest BCUT2D eigenvalue weighted by Gasteiger charge is 2.41. The van der Waals surface area contributed by atoms with Crippen molar-refractivity contribution >= 4 is 45.8 Å². The molecule has 0 spiro atoms. The summed E-state index contributed by atoms with van der Waals surface area (Å²) in [6.45, 7) is 7.42. The van der Waals surface area contributed by atoms with Gasteiger partial charge in [-0.1, -0.05) is 51.0 Å². The van der Waals surface area contributed by atoms with Crippen molar-refractivity contribution in [3.63, 3.8) is 0 Å². The molecule has 240 valence electrons. The van der Waals surface area contributed by atoms with E-state index in [9.17, 15) is 19.2 Å². The molecular weight excluding hydrogens is 604 g/mol. The number of nitrogens with zero attached hydrogens (tertiary/aromatic N) is 2. The van der Waals surface area contributed by atoms with E-state index < -0.39 is 23.6 Å². The van der Waals surface area contributed by atoms with Crippen LogP contribution in [0, 0.1) is 0 Å². The van der Waals surface area contributed by atoms with Crippen molar-refractivity contribution in [3.8, 4) is 11.5 Å². The highest BCUT2D eigenvalue weighted by Crippen LogP contribution is 2.45. The molecule has 0 unspecified atom stereocenters. The Kier molecular flexibility index (Phi) is 7.24. The van der Waals surface area contributed by atoms with Gasteiger partial charge < -0.3 is 9.47 Å². The summed E-state index contributed by atoms with van der Waals surface area (Å²) < 4.78 is 11.6. The third-order valence-electron chi connectivity index (χ3n) is 10.4. The number of ether oxygens (including phenoxy) is 2. The lowest BCUT2D eigenvalue weighted by molar-refractivity contribution is 0.0873. The van der Waals surface area contributed by atoms with Crippen LogP contribution < -0.4 is 19.3 Å². The minimum Gasteiger partial charge on any atom is -0.465 e. The number of hydrogen-bond acceptors (Lipinski definition) is 6. The molecule has 2 saturated carbocycles. The smallest absolute Gasteiger partial charge is 0.265 e. The molecule has 48 heavy (non-hydrogen) atoms. The van der Waals surface area contributed by atoms with E-state index in [0.29, 0.717) is 45.5 Å². The largest absolute Gasteiger partial charge is 0.465 e. The van der Waals surface area contributed by atoms with Crippen LogP contribution in [0.15, 0.2) is 86.3 Å². The van der Waals surface area contributed by atoms with Crippen molar-refractivity contribution in [1.82, 2.24) is 0 Å². The van der Waals surface area contributed by atoms with Crippen molar-refractivity contribution < 1.29 is 28.7 Å². The van der Waals surface area contributed by atoms with Crippen LogP contribution in [0.3, 0.4) is 0 Å². The molecule has 4 aromatic carbocycles. The molecule has 2 aliphatic heterocycles. The standard InChI is InChI=1S/C40H34N2O6/c1-3-47-33-21-25(13-15-27(33)23-9-5-6-10-23)41-37(43)29-17-19-31-36-32(20-18-30(35(29)36)38(41)44)40(46)42(39(31)45)26-14-16-28(24-11-7-8-12-24)34(22-26)48-4-2/h3-4,13-24H,1-2,5-12H2. The number of amides is 4. The summed E-state index contributed by atoms with van der Waals surface area (Å²) in [6.07, 6.45) is 11.5. The molecule has 0 N–H and O–H groups in total. The molecule has 2 fully saturated rings. The van der Waals surface area contributed by atoms with Crippen molar-refractivity contribution in [3.05, 3.63) is 120 Å². The summed E-state index contributed by atoms with van der Waals surface area (Å²) in [5, 5.41) is 0.630. The second-order valence-corrected chi connectivity index (χ2v) is 12.9. The van der Waals surface area contributed by atoms with Crippen molar-refractivity contribution in [1.29, 1.82) is 0 Å². The number of anilines is 2. The van der Waals surface area contributed by atoms with E-state index >= 15 is 0 Å². The van der Waals surface area contributed by atoms with Crippen LogP contribution in [0.25, 0.3) is 10.8 Å². The normalized spacial score (nSPS) is 17.8. The third kappa shape index (κ3) is 4.50. The Balaban J connectivity index is 1.19. The van der Waals surface area contributed by atoms with Crippen LogP contribution in [0.4, 0.5) is 11.4 Å². The Hall–Kier alpha value is -5.50. The van der Waals surface area contributed by atoms with Crippen LogP contribution in [0.5, 0.6) is 11.5 Å². The van der Waals surface area contributed by atoms with Crippen LogP contribution in [-0.4, -0.2) is 23.6 Å². The second-order valence-electron chi connectivity index (χ2n) is 12.9. The first-order chi connectivity index (χ1) is 23.4. The van der Waals surface area contributed by atoms with Crippen molar-refractivity contribution in [2.45, 2.75) is 63.2 Å². The Morgan fingerprint density at radius 2 is 0.854 bits per heavy atom. The van der Waals surface area contributed by atoms with E-state index in [0.717, 1.165) is 72.3 Å². The summed E-state index contributed by atoms with van der Waals surface area (Å²) in [6, 6.07) is 17.1. The Morgan fingerprint density at radius 1 is 0.521 bits per heavy atom. The lowest BCUT2D eigenvalue weighted by atomic mass is 9.85. The van der Waals surface area contributed by atoms with E-state index in [1.54, 1.807) is 48.5 Å². The highest BCUT2D eigenvalue weighted by molar-refractivity contribution is 6.42. The van der Waals surface area contributed by atoms with Gasteiger partial charge in [0.15, 0.2) is 0 Å². The summed E-state index contributed by atoms with van der Waals surface area (Å²) >= 11 is 0. The quantitative estimate of drug-likeness (QED) is 0.141. The Morgan fingerprint density at radius 3 is 1.17 bits per heavy atom. The van der Waals surface area contributed by atoms with Gasteiger partial charge in [0.05, 0.1) is 23.9 Å². The van der Waals surface area contributed by atoms with Gasteiger partial charge in [0.25, 0.3) is 23.6 Å². The fraction of sp³-hybridized carbons (Fsp3) is 0.250. The maximum Gasteiger partial charge on any atom is 0.265 e. The highest BCUT2D eigenvalue weighted by atomic mass is 16.5. The minimum atomic E-state index is -0.537. The topological polar surface area (TPSA) is 93.2 Å². The molecule has 4 aliphatic rings. The molecule has 8 rings (SSSR count). The molecular formula is C40H34N2O6. The molecule has 2 heterocycles. The van der Waals surface area contributed by atoms with E-state index in [1.165, 1.54) is 12.5 Å². The van der Waals surface area contributed by atoms with Gasteiger partial charge in [0.1, 0.15) is 11.5 Å². The first-order valence-electron chi connectivity index (χ1n) is 16.6. The maximum absolute atomic E-state index is 14.1. The van der Waals surface area contributed by atoms with Gasteiger partial charge in [-0.3, -0.25) is 19.2 Å². The molecule has 0 bridgehead atoms. The molecule has 0 radical (unpaired) electrons. The molecule has 8 nitrogen and oxygen atoms in total. The molecule has 2 aliphatic carbocycles. The van der Waals surface area contributed by atoms with Gasteiger partial charge in [-0.15, -0.1) is 0 Å². The number of benzene rings is 4. The lowest BCUT2D eigenvalue weighted by Crippen LogP contribution is -2.43. The van der Waals surface area contributed by atoms with Gasteiger partial charge in [-0.25, -0.2) is 9.80 Å². The first kappa shape index (κ1) is 29.9. The Labute approximate surface area is 278 Å². The summed E-state index contributed by atoms with van der Waals surface area (Å²) in [5.41, 5.74) is 3.79. The summed E-state index contributed by atoms with van der Waals surface area (Å²) in [7, 11) is 0. The van der Waals surface area contributed by atoms with Crippen LogP contribution in [-0.2, 0) is 0 Å². The van der Waals surface area contributed by atoms with Gasteiger partial charge in [-0.2, -0.15) is 0 Å². The van der Waals surface area contributed by atoms with Crippen LogP contribution in [0.2, 0.25) is 0 Å². The van der Waals surface area contributed by atoms with Gasteiger partial charge in [0, 0.05) is 45.2 Å². The average Bonchev–Trinajstić information content (AvgIpc) is 3.83. The zero-order chi connectivity index (χ0) is 33.1. The van der Waals surface area contributed by atoms with Crippen LogP contribution >= 0.6 is 0 Å². The second kappa shape index (κ2) is 11.6. The number of carbonyl (C=O) groups is 4. The minimum absolute atomic E-state index is 0.243. The third-order valence-corrected chi connectivity index (χ3v) is 10.4. The van der Waals surface area contributed by atoms with Crippen molar-refractivity contribution in [2.24, 2.45) is 0 Å². The SMILES string of the molecule is C=COc1cc(N2C(=O)c3ccc4c5c(ccc(c35)C2=O)C(=O)N(c2ccc(C3CCCC3)c(OC=C)c2)C4=O)ccc1C1CCCC1. The van der Waals surface area contributed by atoms with Gasteiger partial charge >= 0.3 is 0 Å². The van der Waals surface area contributed by atoms with E-state index in [1.807, 2.05) is 12.1 Å². The van der Waals surface area contributed by atoms with E-state index in [4.69, 9.17) is 9.47 Å². The molecule has 4 aromatic rings. The fourth-order valence-corrected chi connectivity index (χ4v) is 8.20. The zero-order valence-electron chi connectivity index (χ0n) is 26.5. The van der Waals surface area contributed by atoms with Crippen LogP contribution in [0.1, 0.15) is 116 Å². The predicted octanol–water partition coefficient (Wildman–Crippen LogP) is 8.80. The lowest BCUT2D eigenvalue weighted by Gasteiger charge is -2.32. The zero-order valence-corrected chi connectivity index (χ0v) is 26.5. The number of carbonyl (C=O) groups excluding carboxylic acids is 4. The number of imide groups is 2. The molecule has 0 saturated heterocycles. The maximum atomic E-state index is 14.1.